The van der Waals surface area contributed by atoms with Crippen LogP contribution in [0.1, 0.15) is 55.7 Å². The zero-order chi connectivity index (χ0) is 17.2. The van der Waals surface area contributed by atoms with Crippen molar-refractivity contribution in [2.45, 2.75) is 64.6 Å². The normalized spacial score (nSPS) is 17.6. The van der Waals surface area contributed by atoms with Gasteiger partial charge in [-0.15, -0.1) is 0 Å². The summed E-state index contributed by atoms with van der Waals surface area (Å²) in [5.41, 5.74) is 4.20. The number of H-pyrrole nitrogens is 1. The van der Waals surface area contributed by atoms with Gasteiger partial charge in [0.05, 0.1) is 18.0 Å². The molecule has 25 heavy (non-hydrogen) atoms. The Hall–Kier alpha value is -2.30. The van der Waals surface area contributed by atoms with Crippen LogP contribution in [-0.2, 0) is 19.5 Å². The summed E-state index contributed by atoms with van der Waals surface area (Å²) < 4.78 is 6.35. The molecule has 2 aliphatic rings. The summed E-state index contributed by atoms with van der Waals surface area (Å²) in [6.07, 6.45) is 9.00. The van der Waals surface area contributed by atoms with Gasteiger partial charge in [0.25, 0.3) is 5.56 Å². The van der Waals surface area contributed by atoms with Crippen molar-refractivity contribution in [2.24, 2.45) is 0 Å². The van der Waals surface area contributed by atoms with Crippen molar-refractivity contribution in [2.75, 3.05) is 4.90 Å². The lowest BCUT2D eigenvalue weighted by molar-refractivity contribution is 0.153. The summed E-state index contributed by atoms with van der Waals surface area (Å²) in [6.45, 7) is 3.58. The third kappa shape index (κ3) is 3.15. The smallest absolute Gasteiger partial charge is 0.269 e. The number of nitrogens with one attached hydrogen (secondary N) is 1. The highest BCUT2D eigenvalue weighted by atomic mass is 16.5. The lowest BCUT2D eigenvalue weighted by Crippen LogP contribution is -2.23. The molecular formula is C20H25N3O2. The molecule has 1 aliphatic heterocycles. The van der Waals surface area contributed by atoms with Crippen LogP contribution in [0.25, 0.3) is 0 Å². The van der Waals surface area contributed by atoms with Gasteiger partial charge >= 0.3 is 0 Å². The maximum atomic E-state index is 12.1. The zero-order valence-corrected chi connectivity index (χ0v) is 14.8. The molecule has 1 N–H and O–H groups in total. The third-order valence-corrected chi connectivity index (χ3v) is 5.42. The predicted octanol–water partition coefficient (Wildman–Crippen LogP) is 3.56. The second kappa shape index (κ2) is 6.90. The van der Waals surface area contributed by atoms with Gasteiger partial charge in [0.2, 0.25) is 0 Å². The van der Waals surface area contributed by atoms with E-state index in [4.69, 9.17) is 4.74 Å². The van der Waals surface area contributed by atoms with Crippen molar-refractivity contribution in [1.82, 2.24) is 10.2 Å². The van der Waals surface area contributed by atoms with Crippen LogP contribution in [0.3, 0.4) is 0 Å². The van der Waals surface area contributed by atoms with Crippen LogP contribution in [-0.4, -0.2) is 16.3 Å². The minimum Gasteiger partial charge on any atom is -0.490 e. The molecule has 2 heterocycles. The maximum absolute atomic E-state index is 12.1. The largest absolute Gasteiger partial charge is 0.490 e. The van der Waals surface area contributed by atoms with Gasteiger partial charge in [0.15, 0.2) is 0 Å². The van der Waals surface area contributed by atoms with Crippen molar-refractivity contribution in [3.8, 4) is 5.75 Å². The van der Waals surface area contributed by atoms with Crippen molar-refractivity contribution >= 4 is 5.69 Å². The van der Waals surface area contributed by atoms with E-state index in [1.165, 1.54) is 30.4 Å². The van der Waals surface area contributed by atoms with Gasteiger partial charge in [-0.3, -0.25) is 4.79 Å². The van der Waals surface area contributed by atoms with Gasteiger partial charge in [-0.2, -0.15) is 5.10 Å². The molecule has 1 aliphatic carbocycles. The standard InChI is InChI=1S/C20H25N3O2/c1-2-16-18(11-21-22-20(16)24)23-12-14-7-6-10-19(17(14)13-23)25-15-8-4-3-5-9-15/h6-7,10-11,15H,2-5,8-9,12-13H2,1H3,(H,22,24). The topological polar surface area (TPSA) is 58.2 Å². The summed E-state index contributed by atoms with van der Waals surface area (Å²) >= 11 is 0. The van der Waals surface area contributed by atoms with E-state index in [0.29, 0.717) is 12.5 Å². The zero-order valence-electron chi connectivity index (χ0n) is 14.8. The molecule has 1 saturated carbocycles. The van der Waals surface area contributed by atoms with Gasteiger partial charge in [0.1, 0.15) is 5.75 Å². The van der Waals surface area contributed by atoms with Gasteiger partial charge in [-0.05, 0) is 43.7 Å². The Bertz CT molecular complexity index is 809. The fourth-order valence-corrected chi connectivity index (χ4v) is 4.06. The molecule has 0 unspecified atom stereocenters. The molecule has 1 fully saturated rings. The number of hydrogen-bond donors (Lipinski definition) is 1. The average molecular weight is 339 g/mol. The van der Waals surface area contributed by atoms with Gasteiger partial charge in [-0.1, -0.05) is 25.5 Å². The van der Waals surface area contributed by atoms with E-state index >= 15 is 0 Å². The molecule has 0 atom stereocenters. The van der Waals surface area contributed by atoms with Crippen LogP contribution in [0.5, 0.6) is 5.75 Å². The van der Waals surface area contributed by atoms with E-state index in [1.54, 1.807) is 6.20 Å². The molecule has 0 amide bonds. The highest BCUT2D eigenvalue weighted by Crippen LogP contribution is 2.36. The van der Waals surface area contributed by atoms with E-state index in [2.05, 4.69) is 33.3 Å². The SMILES string of the molecule is CCc1c(N2Cc3cccc(OC4CCCCC4)c3C2)cn[nH]c1=O. The Morgan fingerprint density at radius 3 is 2.88 bits per heavy atom. The first-order chi connectivity index (χ1) is 12.3. The van der Waals surface area contributed by atoms with E-state index < -0.39 is 0 Å². The maximum Gasteiger partial charge on any atom is 0.269 e. The van der Waals surface area contributed by atoms with Crippen molar-refractivity contribution in [1.29, 1.82) is 0 Å². The summed E-state index contributed by atoms with van der Waals surface area (Å²) in [4.78, 5) is 14.3. The van der Waals surface area contributed by atoms with E-state index in [-0.39, 0.29) is 5.56 Å². The molecule has 0 saturated heterocycles. The van der Waals surface area contributed by atoms with Crippen LogP contribution in [0.15, 0.2) is 29.2 Å². The predicted molar refractivity (Wildman–Crippen MR) is 98.1 cm³/mol. The summed E-state index contributed by atoms with van der Waals surface area (Å²) in [5, 5.41) is 6.55. The molecule has 5 nitrogen and oxygen atoms in total. The fourth-order valence-electron chi connectivity index (χ4n) is 4.06. The minimum atomic E-state index is -0.0883. The Kier molecular flexibility index (Phi) is 4.47. The highest BCUT2D eigenvalue weighted by molar-refractivity contribution is 5.57. The molecule has 0 radical (unpaired) electrons. The van der Waals surface area contributed by atoms with E-state index in [9.17, 15) is 4.79 Å². The number of ether oxygens (including phenoxy) is 1. The molecule has 4 rings (SSSR count). The summed E-state index contributed by atoms with van der Waals surface area (Å²) in [6, 6.07) is 6.33. The Morgan fingerprint density at radius 1 is 1.24 bits per heavy atom. The first kappa shape index (κ1) is 16.2. The monoisotopic (exact) mass is 339 g/mol. The van der Waals surface area contributed by atoms with Crippen LogP contribution >= 0.6 is 0 Å². The van der Waals surface area contributed by atoms with E-state index in [0.717, 1.165) is 42.9 Å². The number of benzene rings is 1. The van der Waals surface area contributed by atoms with Crippen molar-refractivity contribution in [3.63, 3.8) is 0 Å². The Balaban J connectivity index is 1.59. The summed E-state index contributed by atoms with van der Waals surface area (Å²) in [7, 11) is 0. The van der Waals surface area contributed by atoms with Crippen LogP contribution < -0.4 is 15.2 Å². The fraction of sp³-hybridized carbons (Fsp3) is 0.500. The second-order valence-corrected chi connectivity index (χ2v) is 7.04. The van der Waals surface area contributed by atoms with Gasteiger partial charge in [0, 0.05) is 24.2 Å². The number of hydrogen-bond acceptors (Lipinski definition) is 4. The number of anilines is 1. The summed E-state index contributed by atoms with van der Waals surface area (Å²) in [5.74, 6) is 1.02. The molecular weight excluding hydrogens is 314 g/mol. The molecule has 5 heteroatoms. The van der Waals surface area contributed by atoms with Crippen molar-refractivity contribution in [3.05, 3.63) is 51.4 Å². The number of rotatable bonds is 4. The lowest BCUT2D eigenvalue weighted by atomic mass is 9.97. The third-order valence-electron chi connectivity index (χ3n) is 5.42. The highest BCUT2D eigenvalue weighted by Gasteiger charge is 2.26. The molecule has 0 spiro atoms. The van der Waals surface area contributed by atoms with Gasteiger partial charge < -0.3 is 9.64 Å². The average Bonchev–Trinajstić information content (AvgIpc) is 3.07. The minimum absolute atomic E-state index is 0.0883. The first-order valence-electron chi connectivity index (χ1n) is 9.35. The molecule has 1 aromatic heterocycles. The second-order valence-electron chi connectivity index (χ2n) is 7.04. The number of aromatic nitrogens is 2. The molecule has 132 valence electrons. The molecule has 2 aromatic rings. The van der Waals surface area contributed by atoms with E-state index in [1.807, 2.05) is 6.92 Å². The van der Waals surface area contributed by atoms with Gasteiger partial charge in [-0.25, -0.2) is 5.10 Å². The number of nitrogens with zero attached hydrogens (tertiary/aromatic N) is 2. The quantitative estimate of drug-likeness (QED) is 0.925. The lowest BCUT2D eigenvalue weighted by Gasteiger charge is -2.24. The van der Waals surface area contributed by atoms with Crippen LogP contribution in [0.2, 0.25) is 0 Å². The molecule has 0 bridgehead atoms. The van der Waals surface area contributed by atoms with Crippen LogP contribution in [0.4, 0.5) is 5.69 Å². The number of aromatic amines is 1. The van der Waals surface area contributed by atoms with Crippen LogP contribution in [0, 0.1) is 0 Å². The number of fused-ring (bicyclic) bond motifs is 1. The molecule has 1 aromatic carbocycles. The Morgan fingerprint density at radius 2 is 2.08 bits per heavy atom. The Labute approximate surface area is 148 Å². The first-order valence-corrected chi connectivity index (χ1v) is 9.35. The van der Waals surface area contributed by atoms with Crippen molar-refractivity contribution < 1.29 is 4.74 Å².